The van der Waals surface area contributed by atoms with Gasteiger partial charge in [0, 0.05) is 18.7 Å². The predicted octanol–water partition coefficient (Wildman–Crippen LogP) is 0.697. The Morgan fingerprint density at radius 2 is 2.10 bits per heavy atom. The third kappa shape index (κ3) is 3.09. The minimum atomic E-state index is -3.84. The lowest BCUT2D eigenvalue weighted by molar-refractivity contribution is -0.384. The molecule has 21 heavy (non-hydrogen) atoms. The molecule has 0 amide bonds. The summed E-state index contributed by atoms with van der Waals surface area (Å²) in [5.74, 6) is -0.639. The Balaban J connectivity index is 2.11. The zero-order valence-corrected chi connectivity index (χ0v) is 11.7. The van der Waals surface area contributed by atoms with Crippen LogP contribution in [0.1, 0.15) is 0 Å². The average molecular weight is 312 g/mol. The van der Waals surface area contributed by atoms with Gasteiger partial charge in [-0.1, -0.05) is 12.7 Å². The zero-order valence-electron chi connectivity index (χ0n) is 10.8. The summed E-state index contributed by atoms with van der Waals surface area (Å²) in [4.78, 5) is 21.3. The van der Waals surface area contributed by atoms with Gasteiger partial charge < -0.3 is 4.74 Å². The molecule has 2 atom stereocenters. The van der Waals surface area contributed by atoms with Crippen LogP contribution in [0.15, 0.2) is 41.8 Å². The van der Waals surface area contributed by atoms with E-state index in [2.05, 4.69) is 6.58 Å². The van der Waals surface area contributed by atoms with E-state index in [1.54, 1.807) is 0 Å². The van der Waals surface area contributed by atoms with Gasteiger partial charge >= 0.3 is 5.97 Å². The highest BCUT2D eigenvalue weighted by Crippen LogP contribution is 2.29. The van der Waals surface area contributed by atoms with Gasteiger partial charge in [0.15, 0.2) is 0 Å². The van der Waals surface area contributed by atoms with Crippen LogP contribution in [0.4, 0.5) is 5.69 Å². The van der Waals surface area contributed by atoms with Crippen molar-refractivity contribution in [2.75, 3.05) is 13.2 Å². The number of sulfonamides is 1. The fourth-order valence-corrected chi connectivity index (χ4v) is 3.20. The number of ether oxygens (including phenoxy) is 1. The largest absolute Gasteiger partial charge is 0.460 e. The SMILES string of the molecule is C=CCOC(=O)[C@@H]1CN1S(=O)(=O)c1ccc([N+](=O)[O-])cc1. The van der Waals surface area contributed by atoms with Gasteiger partial charge in [0.1, 0.15) is 12.6 Å². The summed E-state index contributed by atoms with van der Waals surface area (Å²) in [5.41, 5.74) is -0.207. The van der Waals surface area contributed by atoms with Crippen LogP contribution in [0.3, 0.4) is 0 Å². The van der Waals surface area contributed by atoms with Gasteiger partial charge in [0.25, 0.3) is 5.69 Å². The summed E-state index contributed by atoms with van der Waals surface area (Å²) in [6.45, 7) is 3.44. The standard InChI is InChI=1S/C12H12N2O6S/c1-2-7-20-12(15)11-8-13(11)21(18,19)10-5-3-9(4-6-10)14(16)17/h2-6,11H,1,7-8H2/t11-,13?/m0/s1. The first-order valence-corrected chi connectivity index (χ1v) is 7.35. The Labute approximate surface area is 120 Å². The van der Waals surface area contributed by atoms with E-state index in [9.17, 15) is 23.3 Å². The summed E-state index contributed by atoms with van der Waals surface area (Å²) in [6.07, 6.45) is 1.38. The molecule has 9 heteroatoms. The van der Waals surface area contributed by atoms with Crippen LogP contribution in [-0.2, 0) is 19.6 Å². The average Bonchev–Trinajstić information content (AvgIpc) is 3.26. The van der Waals surface area contributed by atoms with Crippen LogP contribution in [0.5, 0.6) is 0 Å². The van der Waals surface area contributed by atoms with Gasteiger partial charge in [0.2, 0.25) is 10.0 Å². The number of non-ortho nitro benzene ring substituents is 1. The van der Waals surface area contributed by atoms with Gasteiger partial charge in [-0.25, -0.2) is 8.42 Å². The number of hydrogen-bond donors (Lipinski definition) is 0. The molecule has 0 radical (unpaired) electrons. The van der Waals surface area contributed by atoms with Crippen molar-refractivity contribution in [3.05, 3.63) is 47.0 Å². The Bertz CT molecular complexity index is 682. The number of nitro benzene ring substituents is 1. The number of esters is 1. The summed E-state index contributed by atoms with van der Waals surface area (Å²) in [5, 5.41) is 10.5. The molecule has 2 rings (SSSR count). The van der Waals surface area contributed by atoms with Crippen LogP contribution >= 0.6 is 0 Å². The van der Waals surface area contributed by atoms with Crippen LogP contribution < -0.4 is 0 Å². The molecule has 8 nitrogen and oxygen atoms in total. The molecule has 1 unspecified atom stereocenters. The molecule has 0 N–H and O–H groups in total. The number of carbonyl (C=O) groups is 1. The first-order chi connectivity index (χ1) is 9.87. The number of nitrogens with zero attached hydrogens (tertiary/aromatic N) is 2. The third-order valence-electron chi connectivity index (χ3n) is 2.84. The molecule has 1 aliphatic rings. The highest BCUT2D eigenvalue weighted by atomic mass is 32.2. The molecule has 1 fully saturated rings. The molecule has 1 heterocycles. The highest BCUT2D eigenvalue weighted by Gasteiger charge is 2.50. The van der Waals surface area contributed by atoms with Crippen molar-refractivity contribution in [2.24, 2.45) is 0 Å². The van der Waals surface area contributed by atoms with Crippen LogP contribution in [0, 0.1) is 10.1 Å². The van der Waals surface area contributed by atoms with Crippen LogP contribution in [0.25, 0.3) is 0 Å². The molecule has 0 aliphatic carbocycles. The maximum atomic E-state index is 12.2. The lowest BCUT2D eigenvalue weighted by atomic mass is 10.3. The second-order valence-electron chi connectivity index (χ2n) is 4.26. The molecular formula is C12H12N2O6S. The topological polar surface area (TPSA) is 107 Å². The van der Waals surface area contributed by atoms with Gasteiger partial charge in [-0.05, 0) is 12.1 Å². The number of nitro groups is 1. The molecule has 112 valence electrons. The number of hydrogen-bond acceptors (Lipinski definition) is 6. The monoisotopic (exact) mass is 312 g/mol. The van der Waals surface area contributed by atoms with Crippen molar-refractivity contribution in [3.63, 3.8) is 0 Å². The Morgan fingerprint density at radius 3 is 2.62 bits per heavy atom. The molecular weight excluding hydrogens is 300 g/mol. The van der Waals surface area contributed by atoms with E-state index < -0.39 is 27.0 Å². The van der Waals surface area contributed by atoms with Gasteiger partial charge in [-0.15, -0.1) is 0 Å². The first kappa shape index (κ1) is 15.1. The van der Waals surface area contributed by atoms with Crippen molar-refractivity contribution in [1.82, 2.24) is 4.31 Å². The molecule has 1 aromatic carbocycles. The fourth-order valence-electron chi connectivity index (χ4n) is 1.69. The van der Waals surface area contributed by atoms with Gasteiger partial charge in [-0.3, -0.25) is 14.9 Å². The zero-order chi connectivity index (χ0) is 15.6. The van der Waals surface area contributed by atoms with E-state index in [1.807, 2.05) is 0 Å². The second-order valence-corrected chi connectivity index (χ2v) is 6.15. The van der Waals surface area contributed by atoms with E-state index in [0.29, 0.717) is 0 Å². The normalized spacial score (nSPS) is 20.6. The summed E-state index contributed by atoms with van der Waals surface area (Å²) < 4.78 is 30.1. The Morgan fingerprint density at radius 1 is 1.48 bits per heavy atom. The second kappa shape index (κ2) is 5.62. The minimum Gasteiger partial charge on any atom is -0.460 e. The van der Waals surface area contributed by atoms with Gasteiger partial charge in [-0.2, -0.15) is 4.31 Å². The number of rotatable bonds is 6. The van der Waals surface area contributed by atoms with Crippen LogP contribution in [-0.4, -0.2) is 42.8 Å². The van der Waals surface area contributed by atoms with Crippen LogP contribution in [0.2, 0.25) is 0 Å². The highest BCUT2D eigenvalue weighted by molar-refractivity contribution is 7.89. The summed E-state index contributed by atoms with van der Waals surface area (Å²) in [6, 6.07) is 3.63. The Kier molecular flexibility index (Phi) is 4.05. The summed E-state index contributed by atoms with van der Waals surface area (Å²) >= 11 is 0. The predicted molar refractivity (Wildman–Crippen MR) is 71.9 cm³/mol. The molecule has 1 saturated heterocycles. The maximum Gasteiger partial charge on any atom is 0.326 e. The van der Waals surface area contributed by atoms with Crippen molar-refractivity contribution < 1.29 is 22.9 Å². The van der Waals surface area contributed by atoms with E-state index in [1.165, 1.54) is 6.08 Å². The summed E-state index contributed by atoms with van der Waals surface area (Å²) in [7, 11) is -3.84. The van der Waals surface area contributed by atoms with E-state index in [4.69, 9.17) is 4.74 Å². The van der Waals surface area contributed by atoms with Crippen molar-refractivity contribution >= 4 is 21.7 Å². The van der Waals surface area contributed by atoms with Crippen molar-refractivity contribution in [2.45, 2.75) is 10.9 Å². The van der Waals surface area contributed by atoms with E-state index in [-0.39, 0.29) is 23.7 Å². The fraction of sp³-hybridized carbons (Fsp3) is 0.250. The van der Waals surface area contributed by atoms with Gasteiger partial charge in [0.05, 0.1) is 9.82 Å². The lowest BCUT2D eigenvalue weighted by Crippen LogP contribution is -2.21. The molecule has 0 spiro atoms. The third-order valence-corrected chi connectivity index (χ3v) is 4.73. The smallest absolute Gasteiger partial charge is 0.326 e. The molecule has 0 aromatic heterocycles. The maximum absolute atomic E-state index is 12.2. The first-order valence-electron chi connectivity index (χ1n) is 5.91. The Hall–Kier alpha value is -2.26. The lowest BCUT2D eigenvalue weighted by Gasteiger charge is -2.06. The minimum absolute atomic E-state index is 0.0146. The molecule has 1 aliphatic heterocycles. The molecule has 0 saturated carbocycles. The number of carbonyl (C=O) groups excluding carboxylic acids is 1. The molecule has 1 aromatic rings. The van der Waals surface area contributed by atoms with E-state index in [0.717, 1.165) is 28.6 Å². The van der Waals surface area contributed by atoms with E-state index >= 15 is 0 Å². The van der Waals surface area contributed by atoms with Crippen molar-refractivity contribution in [3.8, 4) is 0 Å². The number of benzene rings is 1. The quantitative estimate of drug-likeness (QED) is 0.251. The van der Waals surface area contributed by atoms with Crippen molar-refractivity contribution in [1.29, 1.82) is 0 Å². The molecule has 0 bridgehead atoms.